The molecule has 3 N–H and O–H groups in total. The van der Waals surface area contributed by atoms with Gasteiger partial charge in [-0.3, -0.25) is 0 Å². The molecule has 1 fully saturated rings. The van der Waals surface area contributed by atoms with E-state index in [2.05, 4.69) is 15.9 Å². The van der Waals surface area contributed by atoms with Gasteiger partial charge in [0.2, 0.25) is 0 Å². The summed E-state index contributed by atoms with van der Waals surface area (Å²) < 4.78 is 27.0. The van der Waals surface area contributed by atoms with Crippen molar-refractivity contribution >= 4 is 15.9 Å². The molecule has 0 saturated heterocycles. The minimum Gasteiger partial charge on any atom is -0.507 e. The van der Waals surface area contributed by atoms with Crippen molar-refractivity contribution < 1.29 is 13.9 Å². The van der Waals surface area contributed by atoms with Gasteiger partial charge in [0.1, 0.15) is 17.4 Å². The van der Waals surface area contributed by atoms with Crippen molar-refractivity contribution in [2.45, 2.75) is 31.2 Å². The van der Waals surface area contributed by atoms with Gasteiger partial charge in [0.25, 0.3) is 0 Å². The standard InChI is InChI=1S/C11H12BrF2NO/c12-9-8(16)5-7(13)6(10(9)14)1-2-11(15)3-4-11/h5,16H,1-4,15H2. The molecule has 0 bridgehead atoms. The first kappa shape index (κ1) is 11.8. The first-order valence-electron chi connectivity index (χ1n) is 5.07. The zero-order valence-corrected chi connectivity index (χ0v) is 10.2. The van der Waals surface area contributed by atoms with E-state index in [0.29, 0.717) is 6.42 Å². The van der Waals surface area contributed by atoms with Crippen molar-refractivity contribution in [3.05, 3.63) is 27.7 Å². The van der Waals surface area contributed by atoms with Gasteiger partial charge in [-0.1, -0.05) is 0 Å². The summed E-state index contributed by atoms with van der Waals surface area (Å²) in [6, 6.07) is 0.915. The lowest BCUT2D eigenvalue weighted by Crippen LogP contribution is -2.22. The Balaban J connectivity index is 2.22. The van der Waals surface area contributed by atoms with E-state index >= 15 is 0 Å². The first-order chi connectivity index (χ1) is 7.43. The lowest BCUT2D eigenvalue weighted by molar-refractivity contribution is 0.449. The minimum atomic E-state index is -0.734. The molecule has 1 aromatic carbocycles. The average molecular weight is 292 g/mol. The predicted octanol–water partition coefficient (Wildman–Crippen LogP) is 2.86. The maximum Gasteiger partial charge on any atom is 0.147 e. The van der Waals surface area contributed by atoms with E-state index in [1.165, 1.54) is 0 Å². The van der Waals surface area contributed by atoms with Crippen LogP contribution in [0, 0.1) is 11.6 Å². The molecular weight excluding hydrogens is 280 g/mol. The maximum atomic E-state index is 13.6. The summed E-state index contributed by atoms with van der Waals surface area (Å²) >= 11 is 2.88. The molecule has 0 spiro atoms. The lowest BCUT2D eigenvalue weighted by Gasteiger charge is -2.11. The smallest absolute Gasteiger partial charge is 0.147 e. The molecule has 2 nitrogen and oxygen atoms in total. The molecule has 0 aliphatic heterocycles. The van der Waals surface area contributed by atoms with Gasteiger partial charge in [-0.25, -0.2) is 8.78 Å². The Labute approximate surface area is 101 Å². The molecule has 0 atom stereocenters. The number of nitrogens with two attached hydrogens (primary N) is 1. The van der Waals surface area contributed by atoms with E-state index in [4.69, 9.17) is 5.73 Å². The molecule has 0 radical (unpaired) electrons. The number of phenols is 1. The number of rotatable bonds is 3. The summed E-state index contributed by atoms with van der Waals surface area (Å²) in [5.41, 5.74) is 5.61. The second-order valence-electron chi connectivity index (χ2n) is 4.35. The third kappa shape index (κ3) is 2.20. The largest absolute Gasteiger partial charge is 0.507 e. The van der Waals surface area contributed by atoms with E-state index in [1.807, 2.05) is 0 Å². The Kier molecular flexibility index (Phi) is 2.92. The van der Waals surface area contributed by atoms with Gasteiger partial charge in [-0.05, 0) is 41.6 Å². The molecule has 1 aromatic rings. The van der Waals surface area contributed by atoms with Gasteiger partial charge < -0.3 is 10.8 Å². The van der Waals surface area contributed by atoms with Crippen LogP contribution in [-0.2, 0) is 6.42 Å². The van der Waals surface area contributed by atoms with Crippen molar-refractivity contribution in [2.24, 2.45) is 5.73 Å². The Morgan fingerprint density at radius 3 is 2.62 bits per heavy atom. The van der Waals surface area contributed by atoms with Crippen LogP contribution in [0.3, 0.4) is 0 Å². The number of aromatic hydroxyl groups is 1. The zero-order chi connectivity index (χ0) is 11.9. The summed E-state index contributed by atoms with van der Waals surface area (Å²) in [7, 11) is 0. The monoisotopic (exact) mass is 291 g/mol. The minimum absolute atomic E-state index is 0.0126. The number of phenolic OH excluding ortho intramolecular Hbond substituents is 1. The van der Waals surface area contributed by atoms with Crippen LogP contribution in [0.1, 0.15) is 24.8 Å². The Hall–Kier alpha value is -0.680. The number of halogens is 3. The van der Waals surface area contributed by atoms with Gasteiger partial charge in [0.15, 0.2) is 0 Å². The van der Waals surface area contributed by atoms with E-state index in [0.717, 1.165) is 18.9 Å². The molecule has 1 saturated carbocycles. The second kappa shape index (κ2) is 3.96. The van der Waals surface area contributed by atoms with E-state index in [9.17, 15) is 13.9 Å². The fourth-order valence-electron chi connectivity index (χ4n) is 1.63. The molecule has 0 heterocycles. The van der Waals surface area contributed by atoms with E-state index in [1.54, 1.807) is 0 Å². The van der Waals surface area contributed by atoms with Crippen LogP contribution in [0.2, 0.25) is 0 Å². The molecule has 0 aromatic heterocycles. The van der Waals surface area contributed by atoms with Crippen LogP contribution in [0.5, 0.6) is 5.75 Å². The highest BCUT2D eigenvalue weighted by atomic mass is 79.9. The van der Waals surface area contributed by atoms with Crippen molar-refractivity contribution in [2.75, 3.05) is 0 Å². The Morgan fingerprint density at radius 2 is 2.06 bits per heavy atom. The van der Waals surface area contributed by atoms with Crippen LogP contribution in [0.4, 0.5) is 8.78 Å². The molecule has 0 amide bonds. The quantitative estimate of drug-likeness (QED) is 0.841. The van der Waals surface area contributed by atoms with E-state index in [-0.39, 0.29) is 22.0 Å². The van der Waals surface area contributed by atoms with Gasteiger partial charge in [-0.15, -0.1) is 0 Å². The summed E-state index contributed by atoms with van der Waals surface area (Å²) in [6.45, 7) is 0. The lowest BCUT2D eigenvalue weighted by atomic mass is 10.0. The highest BCUT2D eigenvalue weighted by molar-refractivity contribution is 9.10. The summed E-state index contributed by atoms with van der Waals surface area (Å²) in [5, 5.41) is 9.19. The molecule has 5 heteroatoms. The van der Waals surface area contributed by atoms with Crippen LogP contribution >= 0.6 is 15.9 Å². The van der Waals surface area contributed by atoms with Crippen molar-refractivity contribution in [1.29, 1.82) is 0 Å². The first-order valence-corrected chi connectivity index (χ1v) is 5.86. The van der Waals surface area contributed by atoms with Gasteiger partial charge in [-0.2, -0.15) is 0 Å². The molecule has 88 valence electrons. The van der Waals surface area contributed by atoms with Crippen LogP contribution in [0.25, 0.3) is 0 Å². The molecule has 1 aliphatic rings. The van der Waals surface area contributed by atoms with Gasteiger partial charge in [0, 0.05) is 17.2 Å². The van der Waals surface area contributed by atoms with Crippen molar-refractivity contribution in [1.82, 2.24) is 0 Å². The zero-order valence-electron chi connectivity index (χ0n) is 8.56. The molecule has 0 unspecified atom stereocenters. The highest BCUT2D eigenvalue weighted by Crippen LogP contribution is 2.38. The van der Waals surface area contributed by atoms with Crippen molar-refractivity contribution in [3.8, 4) is 5.75 Å². The Morgan fingerprint density at radius 1 is 1.44 bits per heavy atom. The summed E-state index contributed by atoms with van der Waals surface area (Å²) in [5.74, 6) is -1.88. The average Bonchev–Trinajstić information content (AvgIpc) is 2.93. The number of benzene rings is 1. The number of hydrogen-bond donors (Lipinski definition) is 2. The SMILES string of the molecule is NC1(CCc2c(F)cc(O)c(Br)c2F)CC1. The van der Waals surface area contributed by atoms with Crippen molar-refractivity contribution in [3.63, 3.8) is 0 Å². The fourth-order valence-corrected chi connectivity index (χ4v) is 1.99. The van der Waals surface area contributed by atoms with Crippen LogP contribution < -0.4 is 5.73 Å². The molecule has 2 rings (SSSR count). The summed E-state index contributed by atoms with van der Waals surface area (Å²) in [4.78, 5) is 0. The second-order valence-corrected chi connectivity index (χ2v) is 5.14. The summed E-state index contributed by atoms with van der Waals surface area (Å²) in [6.07, 6.45) is 2.65. The van der Waals surface area contributed by atoms with Crippen LogP contribution in [0.15, 0.2) is 10.5 Å². The normalized spacial score (nSPS) is 17.5. The highest BCUT2D eigenvalue weighted by Gasteiger charge is 2.37. The van der Waals surface area contributed by atoms with Gasteiger partial charge >= 0.3 is 0 Å². The third-order valence-electron chi connectivity index (χ3n) is 3.00. The molecule has 1 aliphatic carbocycles. The van der Waals surface area contributed by atoms with E-state index < -0.39 is 17.4 Å². The third-order valence-corrected chi connectivity index (χ3v) is 3.75. The van der Waals surface area contributed by atoms with Gasteiger partial charge in [0.05, 0.1) is 4.47 Å². The number of hydrogen-bond acceptors (Lipinski definition) is 2. The predicted molar refractivity (Wildman–Crippen MR) is 60.2 cm³/mol. The Bertz CT molecular complexity index is 432. The molecule has 16 heavy (non-hydrogen) atoms. The maximum absolute atomic E-state index is 13.6. The fraction of sp³-hybridized carbons (Fsp3) is 0.455. The molecular formula is C11H12BrF2NO. The topological polar surface area (TPSA) is 46.2 Å². The van der Waals surface area contributed by atoms with Crippen LogP contribution in [-0.4, -0.2) is 10.6 Å².